The van der Waals surface area contributed by atoms with E-state index in [1.807, 2.05) is 10.3 Å². The van der Waals surface area contributed by atoms with Crippen LogP contribution in [-0.2, 0) is 11.2 Å². The first-order valence-corrected chi connectivity index (χ1v) is 7.77. The number of aromatic nitrogens is 3. The average molecular weight is 307 g/mol. The highest BCUT2D eigenvalue weighted by Crippen LogP contribution is 2.26. The molecule has 1 saturated heterocycles. The Kier molecular flexibility index (Phi) is 3.87. The molecular formula is C13H17N5O2S. The minimum atomic E-state index is 0.139. The fraction of sp³-hybridized carbons (Fsp3) is 0.538. The van der Waals surface area contributed by atoms with Gasteiger partial charge < -0.3 is 15.2 Å². The molecule has 2 N–H and O–H groups in total. The van der Waals surface area contributed by atoms with Gasteiger partial charge >= 0.3 is 0 Å². The van der Waals surface area contributed by atoms with Gasteiger partial charge in [0.25, 0.3) is 0 Å². The van der Waals surface area contributed by atoms with Gasteiger partial charge in [-0.15, -0.1) is 11.3 Å². The molecule has 21 heavy (non-hydrogen) atoms. The second-order valence-corrected chi connectivity index (χ2v) is 6.07. The summed E-state index contributed by atoms with van der Waals surface area (Å²) in [5.74, 6) is 1.57. The van der Waals surface area contributed by atoms with Gasteiger partial charge in [0.1, 0.15) is 0 Å². The summed E-state index contributed by atoms with van der Waals surface area (Å²) < 4.78 is 5.19. The summed E-state index contributed by atoms with van der Waals surface area (Å²) in [5, 5.41) is 6.25. The van der Waals surface area contributed by atoms with Crippen molar-refractivity contribution < 1.29 is 9.32 Å². The molecule has 3 heterocycles. The van der Waals surface area contributed by atoms with E-state index in [0.717, 1.165) is 18.7 Å². The lowest BCUT2D eigenvalue weighted by Crippen LogP contribution is -2.28. The zero-order chi connectivity index (χ0) is 14.8. The Labute approximate surface area is 126 Å². The summed E-state index contributed by atoms with van der Waals surface area (Å²) in [4.78, 5) is 22.5. The molecule has 1 aliphatic rings. The van der Waals surface area contributed by atoms with E-state index in [1.54, 1.807) is 6.92 Å². The number of thiazole rings is 1. The van der Waals surface area contributed by atoms with Gasteiger partial charge in [0.2, 0.25) is 11.8 Å². The van der Waals surface area contributed by atoms with Crippen molar-refractivity contribution in [3.63, 3.8) is 0 Å². The molecule has 0 aromatic carbocycles. The van der Waals surface area contributed by atoms with E-state index >= 15 is 0 Å². The number of nitrogens with zero attached hydrogens (tertiary/aromatic N) is 4. The molecule has 1 aliphatic heterocycles. The van der Waals surface area contributed by atoms with E-state index in [2.05, 4.69) is 15.1 Å². The number of amides is 1. The predicted molar refractivity (Wildman–Crippen MR) is 77.8 cm³/mol. The molecule has 0 spiro atoms. The van der Waals surface area contributed by atoms with E-state index < -0.39 is 0 Å². The Hall–Kier alpha value is -1.96. The van der Waals surface area contributed by atoms with Gasteiger partial charge in [0.15, 0.2) is 11.0 Å². The van der Waals surface area contributed by atoms with Gasteiger partial charge in [-0.05, 0) is 19.8 Å². The number of nitrogens with two attached hydrogens (primary N) is 1. The van der Waals surface area contributed by atoms with Crippen molar-refractivity contribution in [2.45, 2.75) is 32.1 Å². The summed E-state index contributed by atoms with van der Waals surface area (Å²) >= 11 is 1.40. The van der Waals surface area contributed by atoms with Crippen LogP contribution in [0, 0.1) is 6.92 Å². The smallest absolute Gasteiger partial charge is 0.231 e. The first kappa shape index (κ1) is 14.0. The van der Waals surface area contributed by atoms with Gasteiger partial charge in [-0.2, -0.15) is 4.98 Å². The van der Waals surface area contributed by atoms with Crippen molar-refractivity contribution in [2.75, 3.05) is 18.8 Å². The van der Waals surface area contributed by atoms with Crippen LogP contribution in [-0.4, -0.2) is 39.0 Å². The summed E-state index contributed by atoms with van der Waals surface area (Å²) in [6.07, 6.45) is 1.96. The van der Waals surface area contributed by atoms with Crippen molar-refractivity contribution in [1.82, 2.24) is 20.0 Å². The van der Waals surface area contributed by atoms with Crippen LogP contribution < -0.4 is 5.73 Å². The van der Waals surface area contributed by atoms with Crippen LogP contribution in [0.4, 0.5) is 5.13 Å². The van der Waals surface area contributed by atoms with Crippen molar-refractivity contribution in [2.24, 2.45) is 0 Å². The summed E-state index contributed by atoms with van der Waals surface area (Å²) in [6.45, 7) is 3.19. The van der Waals surface area contributed by atoms with Gasteiger partial charge in [0.05, 0.1) is 11.6 Å². The van der Waals surface area contributed by atoms with E-state index in [1.165, 1.54) is 11.3 Å². The molecule has 3 rings (SSSR count). The Morgan fingerprint density at radius 1 is 1.57 bits per heavy atom. The van der Waals surface area contributed by atoms with Crippen LogP contribution >= 0.6 is 11.3 Å². The zero-order valence-corrected chi connectivity index (χ0v) is 12.6. The first-order valence-electron chi connectivity index (χ1n) is 6.89. The summed E-state index contributed by atoms with van der Waals surface area (Å²) in [6, 6.07) is 0. The largest absolute Gasteiger partial charge is 0.375 e. The van der Waals surface area contributed by atoms with Crippen molar-refractivity contribution >= 4 is 22.4 Å². The van der Waals surface area contributed by atoms with E-state index in [-0.39, 0.29) is 11.8 Å². The quantitative estimate of drug-likeness (QED) is 0.916. The Morgan fingerprint density at radius 3 is 3.10 bits per heavy atom. The monoisotopic (exact) mass is 307 g/mol. The summed E-state index contributed by atoms with van der Waals surface area (Å²) in [5.41, 5.74) is 6.46. The highest BCUT2D eigenvalue weighted by Gasteiger charge is 2.30. The zero-order valence-electron chi connectivity index (χ0n) is 11.8. The van der Waals surface area contributed by atoms with E-state index in [4.69, 9.17) is 10.3 Å². The average Bonchev–Trinajstić information content (AvgIpc) is 3.16. The molecule has 1 amide bonds. The van der Waals surface area contributed by atoms with Crippen LogP contribution in [0.3, 0.4) is 0 Å². The molecule has 0 bridgehead atoms. The molecular weight excluding hydrogens is 290 g/mol. The third kappa shape index (κ3) is 3.21. The molecule has 0 saturated carbocycles. The molecule has 2 aromatic rings. The first-order chi connectivity index (χ1) is 10.1. The maximum atomic E-state index is 12.2. The number of anilines is 1. The van der Waals surface area contributed by atoms with Crippen molar-refractivity contribution in [3.8, 4) is 0 Å². The van der Waals surface area contributed by atoms with Gasteiger partial charge in [0, 0.05) is 24.9 Å². The lowest BCUT2D eigenvalue weighted by Gasteiger charge is -2.15. The van der Waals surface area contributed by atoms with E-state index in [0.29, 0.717) is 36.2 Å². The number of hydrogen-bond donors (Lipinski definition) is 1. The lowest BCUT2D eigenvalue weighted by atomic mass is 10.1. The Bertz CT molecular complexity index is 638. The topological polar surface area (TPSA) is 98.1 Å². The molecule has 0 unspecified atom stereocenters. The molecule has 112 valence electrons. The lowest BCUT2D eigenvalue weighted by molar-refractivity contribution is -0.130. The number of hydrogen-bond acceptors (Lipinski definition) is 7. The maximum Gasteiger partial charge on any atom is 0.231 e. The van der Waals surface area contributed by atoms with Crippen LogP contribution in [0.5, 0.6) is 0 Å². The number of aryl methyl sites for hydroxylation is 2. The van der Waals surface area contributed by atoms with Crippen LogP contribution in [0.2, 0.25) is 0 Å². The number of carbonyl (C=O) groups is 1. The second kappa shape index (κ2) is 5.80. The number of rotatable bonds is 4. The minimum Gasteiger partial charge on any atom is -0.375 e. The third-order valence-corrected chi connectivity index (χ3v) is 4.32. The second-order valence-electron chi connectivity index (χ2n) is 5.18. The van der Waals surface area contributed by atoms with Crippen LogP contribution in [0.1, 0.15) is 36.2 Å². The normalized spacial score (nSPS) is 18.3. The fourth-order valence-corrected chi connectivity index (χ4v) is 3.10. The minimum absolute atomic E-state index is 0.139. The number of carbonyl (C=O) groups excluding carboxylic acids is 1. The van der Waals surface area contributed by atoms with Gasteiger partial charge in [-0.3, -0.25) is 4.79 Å². The van der Waals surface area contributed by atoms with Crippen molar-refractivity contribution in [1.29, 1.82) is 0 Å². The fourth-order valence-electron chi connectivity index (χ4n) is 2.50. The maximum absolute atomic E-state index is 12.2. The highest BCUT2D eigenvalue weighted by molar-refractivity contribution is 7.13. The molecule has 1 atom stereocenters. The predicted octanol–water partition coefficient (Wildman–Crippen LogP) is 1.37. The molecule has 0 aliphatic carbocycles. The van der Waals surface area contributed by atoms with Gasteiger partial charge in [-0.1, -0.05) is 5.16 Å². The van der Waals surface area contributed by atoms with Crippen LogP contribution in [0.25, 0.3) is 0 Å². The number of nitrogen functional groups attached to an aromatic ring is 1. The SMILES string of the molecule is Cc1noc([C@H]2CCN(C(=O)CCc3csc(N)n3)C2)n1. The Balaban J connectivity index is 1.52. The number of likely N-dealkylation sites (tertiary alicyclic amines) is 1. The third-order valence-electron chi connectivity index (χ3n) is 3.60. The standard InChI is InChI=1S/C13H17N5O2S/c1-8-15-12(20-17-8)9-4-5-18(6-9)11(19)3-2-10-7-21-13(14)16-10/h7,9H,2-6H2,1H3,(H2,14,16)/t9-/m0/s1. The molecule has 7 nitrogen and oxygen atoms in total. The highest BCUT2D eigenvalue weighted by atomic mass is 32.1. The van der Waals surface area contributed by atoms with Crippen molar-refractivity contribution in [3.05, 3.63) is 22.8 Å². The van der Waals surface area contributed by atoms with Crippen LogP contribution in [0.15, 0.2) is 9.90 Å². The Morgan fingerprint density at radius 2 is 2.43 bits per heavy atom. The van der Waals surface area contributed by atoms with E-state index in [9.17, 15) is 4.79 Å². The molecule has 1 fully saturated rings. The summed E-state index contributed by atoms with van der Waals surface area (Å²) in [7, 11) is 0. The molecule has 8 heteroatoms. The molecule has 2 aromatic heterocycles. The van der Waals surface area contributed by atoms with Gasteiger partial charge in [-0.25, -0.2) is 4.98 Å². The molecule has 0 radical (unpaired) electrons.